The van der Waals surface area contributed by atoms with Gasteiger partial charge in [0, 0.05) is 24.1 Å². The van der Waals surface area contributed by atoms with Gasteiger partial charge in [0.1, 0.15) is 5.01 Å². The number of sulfone groups is 1. The largest absolute Gasteiger partial charge is 0.296 e. The van der Waals surface area contributed by atoms with E-state index in [0.717, 1.165) is 16.9 Å². The number of hydrogen-bond donors (Lipinski definition) is 1. The highest BCUT2D eigenvalue weighted by Crippen LogP contribution is 2.20. The number of carbonyl (C=O) groups is 1. The van der Waals surface area contributed by atoms with Crippen LogP contribution in [0.2, 0.25) is 0 Å². The molecular formula is C18H16N4O5S2. The van der Waals surface area contributed by atoms with E-state index in [1.54, 1.807) is 24.3 Å². The van der Waals surface area contributed by atoms with Crippen LogP contribution in [-0.4, -0.2) is 35.2 Å². The van der Waals surface area contributed by atoms with Crippen molar-refractivity contribution in [1.82, 2.24) is 10.2 Å². The summed E-state index contributed by atoms with van der Waals surface area (Å²) in [6.45, 7) is 1.88. The fourth-order valence-corrected chi connectivity index (χ4v) is 4.51. The first-order valence-corrected chi connectivity index (χ1v) is 10.9. The lowest BCUT2D eigenvalue weighted by Crippen LogP contribution is -2.11. The molecule has 0 saturated heterocycles. The lowest BCUT2D eigenvalue weighted by molar-refractivity contribution is -0.384. The molecule has 0 fully saturated rings. The third-order valence-corrected chi connectivity index (χ3v) is 6.62. The molecule has 1 amide bonds. The van der Waals surface area contributed by atoms with Crippen LogP contribution in [-0.2, 0) is 16.3 Å². The second kappa shape index (κ2) is 8.45. The Bertz CT molecular complexity index is 1140. The van der Waals surface area contributed by atoms with Crippen molar-refractivity contribution in [3.63, 3.8) is 0 Å². The van der Waals surface area contributed by atoms with Crippen molar-refractivity contribution in [2.45, 2.75) is 18.2 Å². The van der Waals surface area contributed by atoms with Gasteiger partial charge < -0.3 is 0 Å². The Labute approximate surface area is 170 Å². The molecule has 0 radical (unpaired) electrons. The SMILES string of the molecule is Cc1ccc(S(=O)(=O)CCc2nnc(NC(=O)c3ccc([N+](=O)[O-])cc3)s2)cc1. The number of nitro groups is 1. The Morgan fingerprint density at radius 1 is 1.10 bits per heavy atom. The summed E-state index contributed by atoms with van der Waals surface area (Å²) < 4.78 is 24.8. The molecule has 11 heteroatoms. The summed E-state index contributed by atoms with van der Waals surface area (Å²) >= 11 is 1.08. The predicted molar refractivity (Wildman–Crippen MR) is 108 cm³/mol. The number of anilines is 1. The average molecular weight is 432 g/mol. The van der Waals surface area contributed by atoms with Crippen LogP contribution in [0, 0.1) is 17.0 Å². The normalized spacial score (nSPS) is 11.2. The zero-order valence-corrected chi connectivity index (χ0v) is 16.9. The van der Waals surface area contributed by atoms with Crippen LogP contribution in [0.15, 0.2) is 53.4 Å². The van der Waals surface area contributed by atoms with Crippen molar-refractivity contribution in [3.05, 3.63) is 74.8 Å². The predicted octanol–water partition coefficient (Wildman–Crippen LogP) is 3.02. The van der Waals surface area contributed by atoms with E-state index in [0.29, 0.717) is 5.01 Å². The zero-order valence-electron chi connectivity index (χ0n) is 15.2. The van der Waals surface area contributed by atoms with E-state index < -0.39 is 20.7 Å². The maximum atomic E-state index is 12.4. The summed E-state index contributed by atoms with van der Waals surface area (Å²) in [6.07, 6.45) is 0.168. The number of amides is 1. The minimum Gasteiger partial charge on any atom is -0.296 e. The van der Waals surface area contributed by atoms with Gasteiger partial charge in [0.2, 0.25) is 5.13 Å². The standard InChI is InChI=1S/C18H16N4O5S2/c1-12-2-8-15(9-3-12)29(26,27)11-10-16-20-21-18(28-16)19-17(23)13-4-6-14(7-5-13)22(24)25/h2-9H,10-11H2,1H3,(H,19,21,23). The van der Waals surface area contributed by atoms with Crippen LogP contribution in [0.1, 0.15) is 20.9 Å². The molecule has 0 saturated carbocycles. The van der Waals surface area contributed by atoms with Gasteiger partial charge in [0.25, 0.3) is 11.6 Å². The molecule has 1 N–H and O–H groups in total. The second-order valence-corrected chi connectivity index (χ2v) is 9.31. The van der Waals surface area contributed by atoms with E-state index in [4.69, 9.17) is 0 Å². The highest BCUT2D eigenvalue weighted by molar-refractivity contribution is 7.91. The Morgan fingerprint density at radius 3 is 2.38 bits per heavy atom. The number of hydrogen-bond acceptors (Lipinski definition) is 8. The van der Waals surface area contributed by atoms with Crippen LogP contribution in [0.5, 0.6) is 0 Å². The average Bonchev–Trinajstić information content (AvgIpc) is 3.14. The zero-order chi connectivity index (χ0) is 21.0. The molecule has 150 valence electrons. The smallest absolute Gasteiger partial charge is 0.269 e. The van der Waals surface area contributed by atoms with Gasteiger partial charge in [0.05, 0.1) is 15.6 Å². The topological polar surface area (TPSA) is 132 Å². The van der Waals surface area contributed by atoms with E-state index in [1.165, 1.54) is 24.3 Å². The molecule has 1 heterocycles. The molecule has 0 unspecified atom stereocenters. The second-order valence-electron chi connectivity index (χ2n) is 6.14. The Morgan fingerprint density at radius 2 is 1.76 bits per heavy atom. The third kappa shape index (κ3) is 5.21. The third-order valence-electron chi connectivity index (χ3n) is 3.99. The molecule has 0 aliphatic carbocycles. The fraction of sp³-hybridized carbons (Fsp3) is 0.167. The summed E-state index contributed by atoms with van der Waals surface area (Å²) in [4.78, 5) is 22.6. The fourth-order valence-electron chi connectivity index (χ4n) is 2.39. The Balaban J connectivity index is 1.61. The minimum absolute atomic E-state index is 0.116. The van der Waals surface area contributed by atoms with Crippen molar-refractivity contribution in [2.75, 3.05) is 11.1 Å². The van der Waals surface area contributed by atoms with Gasteiger partial charge >= 0.3 is 0 Å². The van der Waals surface area contributed by atoms with E-state index in [9.17, 15) is 23.3 Å². The lowest BCUT2D eigenvalue weighted by atomic mass is 10.2. The molecular weight excluding hydrogens is 416 g/mol. The maximum absolute atomic E-state index is 12.4. The number of aryl methyl sites for hydroxylation is 2. The van der Waals surface area contributed by atoms with Crippen molar-refractivity contribution in [3.8, 4) is 0 Å². The van der Waals surface area contributed by atoms with Crippen molar-refractivity contribution < 1.29 is 18.1 Å². The summed E-state index contributed by atoms with van der Waals surface area (Å²) in [7, 11) is -3.45. The number of aromatic nitrogens is 2. The molecule has 9 nitrogen and oxygen atoms in total. The Kier molecular flexibility index (Phi) is 5.99. The minimum atomic E-state index is -3.45. The van der Waals surface area contributed by atoms with Crippen LogP contribution in [0.25, 0.3) is 0 Å². The first-order valence-electron chi connectivity index (χ1n) is 8.42. The summed E-state index contributed by atoms with van der Waals surface area (Å²) in [5, 5.41) is 21.7. The molecule has 0 aliphatic rings. The Hall–Kier alpha value is -3.18. The van der Waals surface area contributed by atoms with Crippen molar-refractivity contribution in [1.29, 1.82) is 0 Å². The molecule has 0 aliphatic heterocycles. The molecule has 3 aromatic rings. The molecule has 3 rings (SSSR count). The summed E-state index contributed by atoms with van der Waals surface area (Å²) in [6, 6.07) is 11.8. The number of nitrogens with zero attached hydrogens (tertiary/aromatic N) is 3. The number of benzene rings is 2. The summed E-state index contributed by atoms with van der Waals surface area (Å²) in [5.41, 5.74) is 1.09. The highest BCUT2D eigenvalue weighted by atomic mass is 32.2. The van der Waals surface area contributed by atoms with Crippen LogP contribution in [0.3, 0.4) is 0 Å². The molecule has 0 spiro atoms. The van der Waals surface area contributed by atoms with E-state index in [-0.39, 0.29) is 33.5 Å². The van der Waals surface area contributed by atoms with Gasteiger partial charge in [-0.3, -0.25) is 20.2 Å². The molecule has 2 aromatic carbocycles. The van der Waals surface area contributed by atoms with Gasteiger partial charge in [-0.05, 0) is 31.2 Å². The quantitative estimate of drug-likeness (QED) is 0.448. The number of rotatable bonds is 7. The number of carbonyl (C=O) groups excluding carboxylic acids is 1. The first kappa shape index (κ1) is 20.6. The van der Waals surface area contributed by atoms with Crippen molar-refractivity contribution in [2.24, 2.45) is 0 Å². The van der Waals surface area contributed by atoms with E-state index in [2.05, 4.69) is 15.5 Å². The lowest BCUT2D eigenvalue weighted by Gasteiger charge is -2.03. The van der Waals surface area contributed by atoms with Crippen LogP contribution < -0.4 is 5.32 Å². The first-order chi connectivity index (χ1) is 13.7. The number of nitro benzene ring substituents is 1. The van der Waals surface area contributed by atoms with Gasteiger partial charge in [-0.1, -0.05) is 29.0 Å². The monoisotopic (exact) mass is 432 g/mol. The van der Waals surface area contributed by atoms with E-state index >= 15 is 0 Å². The molecule has 1 aromatic heterocycles. The highest BCUT2D eigenvalue weighted by Gasteiger charge is 2.17. The molecule has 29 heavy (non-hydrogen) atoms. The van der Waals surface area contributed by atoms with E-state index in [1.807, 2.05) is 6.92 Å². The van der Waals surface area contributed by atoms with Gasteiger partial charge in [0.15, 0.2) is 9.84 Å². The summed E-state index contributed by atoms with van der Waals surface area (Å²) in [5.74, 6) is -0.615. The number of non-ortho nitro benzene ring substituents is 1. The van der Waals surface area contributed by atoms with Gasteiger partial charge in [-0.15, -0.1) is 10.2 Å². The molecule has 0 atom stereocenters. The van der Waals surface area contributed by atoms with Crippen LogP contribution >= 0.6 is 11.3 Å². The van der Waals surface area contributed by atoms with Crippen LogP contribution in [0.4, 0.5) is 10.8 Å². The van der Waals surface area contributed by atoms with Gasteiger partial charge in [-0.2, -0.15) is 0 Å². The maximum Gasteiger partial charge on any atom is 0.269 e. The van der Waals surface area contributed by atoms with Gasteiger partial charge in [-0.25, -0.2) is 8.42 Å². The number of nitrogens with one attached hydrogen (secondary N) is 1. The molecule has 0 bridgehead atoms. The van der Waals surface area contributed by atoms with Crippen molar-refractivity contribution >= 4 is 37.9 Å².